The molecule has 1 heterocycles. The lowest BCUT2D eigenvalue weighted by Gasteiger charge is -2.30. The molecule has 0 unspecified atom stereocenters. The van der Waals surface area contributed by atoms with Gasteiger partial charge in [0, 0.05) is 10.8 Å². The lowest BCUT2D eigenvalue weighted by atomic mass is 9.81. The van der Waals surface area contributed by atoms with Gasteiger partial charge in [-0.1, -0.05) is 114 Å². The van der Waals surface area contributed by atoms with Crippen LogP contribution in [0.2, 0.25) is 0 Å². The number of rotatable bonds is 4. The number of benzene rings is 4. The minimum Gasteiger partial charge on any atom is -0.229 e. The third kappa shape index (κ3) is 4.62. The van der Waals surface area contributed by atoms with E-state index >= 15 is 0 Å². The minimum absolute atomic E-state index is 0.0550. The fourth-order valence-corrected chi connectivity index (χ4v) is 5.68. The molecule has 35 heavy (non-hydrogen) atoms. The van der Waals surface area contributed by atoms with Crippen LogP contribution in [-0.2, 0) is 0 Å². The van der Waals surface area contributed by atoms with Crippen LogP contribution in [0.3, 0.4) is 0 Å². The summed E-state index contributed by atoms with van der Waals surface area (Å²) in [4.78, 5) is 0. The molecule has 0 fully saturated rings. The average Bonchev–Trinajstić information content (AvgIpc) is 3.25. The van der Waals surface area contributed by atoms with Crippen molar-refractivity contribution in [3.05, 3.63) is 115 Å². The van der Waals surface area contributed by atoms with E-state index in [9.17, 15) is 0 Å². The van der Waals surface area contributed by atoms with Crippen molar-refractivity contribution in [2.24, 2.45) is 10.8 Å². The lowest BCUT2D eigenvalue weighted by molar-refractivity contribution is -0.725. The second-order valence-electron chi connectivity index (χ2n) is 12.1. The van der Waals surface area contributed by atoms with E-state index in [0.29, 0.717) is 0 Å². The van der Waals surface area contributed by atoms with Crippen molar-refractivity contribution in [3.8, 4) is 0 Å². The first kappa shape index (κ1) is 23.4. The van der Waals surface area contributed by atoms with Gasteiger partial charge in [-0.2, -0.15) is 0 Å². The van der Waals surface area contributed by atoms with Crippen molar-refractivity contribution in [2.75, 3.05) is 0 Å². The number of fused-ring (bicyclic) bond motifs is 2. The molecule has 1 aromatic heterocycles. The Bertz CT molecular complexity index is 1360. The SMILES string of the molecule is CC(C)(C)[C@@H](c1ccc2ccccc2c1)n1cc[n+]([C@H](c2ccc3ccccc3c2)C(C)(C)C)c1. The molecule has 0 spiro atoms. The Kier molecular flexibility index (Phi) is 5.79. The molecule has 5 aromatic rings. The van der Waals surface area contributed by atoms with Crippen molar-refractivity contribution in [3.63, 3.8) is 0 Å². The highest BCUT2D eigenvalue weighted by Crippen LogP contribution is 2.38. The van der Waals surface area contributed by atoms with Crippen LogP contribution >= 0.6 is 0 Å². The molecular weight excluding hydrogens is 424 g/mol. The predicted molar refractivity (Wildman–Crippen MR) is 148 cm³/mol. The zero-order chi connectivity index (χ0) is 24.8. The van der Waals surface area contributed by atoms with Gasteiger partial charge in [-0.15, -0.1) is 0 Å². The molecule has 2 atom stereocenters. The normalized spacial score (nSPS) is 14.3. The molecular formula is C33H37N2+. The van der Waals surface area contributed by atoms with E-state index in [1.807, 2.05) is 0 Å². The largest absolute Gasteiger partial charge is 0.244 e. The second-order valence-corrected chi connectivity index (χ2v) is 12.1. The maximum atomic E-state index is 2.41. The maximum Gasteiger partial charge on any atom is 0.244 e. The Balaban J connectivity index is 1.59. The second kappa shape index (κ2) is 8.68. The molecule has 178 valence electrons. The maximum absolute atomic E-state index is 2.41. The van der Waals surface area contributed by atoms with E-state index in [1.165, 1.54) is 32.7 Å². The summed E-state index contributed by atoms with van der Waals surface area (Å²) in [6.45, 7) is 14.0. The number of imidazole rings is 1. The van der Waals surface area contributed by atoms with Gasteiger partial charge < -0.3 is 0 Å². The van der Waals surface area contributed by atoms with Crippen LogP contribution in [0, 0.1) is 10.8 Å². The van der Waals surface area contributed by atoms with Crippen LogP contribution in [0.15, 0.2) is 104 Å². The summed E-state index contributed by atoms with van der Waals surface area (Å²) in [6, 6.07) is 31.6. The van der Waals surface area contributed by atoms with Gasteiger partial charge in [0.15, 0.2) is 0 Å². The quantitative estimate of drug-likeness (QED) is 0.238. The third-order valence-electron chi connectivity index (χ3n) is 7.09. The van der Waals surface area contributed by atoms with Crippen LogP contribution in [-0.4, -0.2) is 4.57 Å². The first-order valence-electron chi connectivity index (χ1n) is 12.7. The topological polar surface area (TPSA) is 8.81 Å². The minimum atomic E-state index is 0.0550. The Hall–Kier alpha value is -3.39. The van der Waals surface area contributed by atoms with Crippen molar-refractivity contribution in [1.82, 2.24) is 4.57 Å². The summed E-state index contributed by atoms with van der Waals surface area (Å²) >= 11 is 0. The highest BCUT2D eigenvalue weighted by atomic mass is 15.2. The van der Waals surface area contributed by atoms with Gasteiger partial charge in [0.05, 0.1) is 0 Å². The van der Waals surface area contributed by atoms with Gasteiger partial charge >= 0.3 is 0 Å². The van der Waals surface area contributed by atoms with Crippen LogP contribution in [0.25, 0.3) is 21.5 Å². The molecule has 0 bridgehead atoms. The van der Waals surface area contributed by atoms with Gasteiger partial charge in [0.2, 0.25) is 6.33 Å². The van der Waals surface area contributed by atoms with Crippen molar-refractivity contribution in [2.45, 2.75) is 53.6 Å². The molecule has 0 aliphatic rings. The lowest BCUT2D eigenvalue weighted by Crippen LogP contribution is -2.45. The van der Waals surface area contributed by atoms with E-state index in [-0.39, 0.29) is 22.9 Å². The molecule has 0 N–H and O–H groups in total. The third-order valence-corrected chi connectivity index (χ3v) is 7.09. The standard InChI is InChI=1S/C33H37N2/c1-32(2,3)30(28-17-15-24-11-7-9-13-26(24)21-28)34-19-20-35(23-34)31(33(4,5)6)29-18-16-25-12-8-10-14-27(25)22-29/h7-23,30-31H,1-6H3/q+1/t30-,31-/m1/s1. The van der Waals surface area contributed by atoms with Crippen LogP contribution in [0.5, 0.6) is 0 Å². The van der Waals surface area contributed by atoms with Crippen LogP contribution < -0.4 is 4.57 Å². The molecule has 0 aliphatic carbocycles. The van der Waals surface area contributed by atoms with Gasteiger partial charge in [-0.3, -0.25) is 0 Å². The molecule has 2 heteroatoms. The Morgan fingerprint density at radius 2 is 1.11 bits per heavy atom. The van der Waals surface area contributed by atoms with Crippen LogP contribution in [0.4, 0.5) is 0 Å². The highest BCUT2D eigenvalue weighted by molar-refractivity contribution is 5.83. The Morgan fingerprint density at radius 1 is 0.600 bits per heavy atom. The summed E-state index contributed by atoms with van der Waals surface area (Å²) in [7, 11) is 0. The van der Waals surface area contributed by atoms with Gasteiger partial charge in [-0.05, 0) is 44.8 Å². The molecule has 5 rings (SSSR count). The monoisotopic (exact) mass is 461 g/mol. The fraction of sp³-hybridized carbons (Fsp3) is 0.303. The zero-order valence-electron chi connectivity index (χ0n) is 21.9. The number of nitrogens with zero attached hydrogens (tertiary/aromatic N) is 2. The smallest absolute Gasteiger partial charge is 0.229 e. The molecule has 0 saturated heterocycles. The summed E-state index contributed by atoms with van der Waals surface area (Å²) in [6.07, 6.45) is 6.83. The van der Waals surface area contributed by atoms with E-state index in [2.05, 4.69) is 154 Å². The number of aromatic nitrogens is 2. The average molecular weight is 462 g/mol. The van der Waals surface area contributed by atoms with Crippen LogP contribution in [0.1, 0.15) is 64.8 Å². The summed E-state index contributed by atoms with van der Waals surface area (Å²) in [5.74, 6) is 0. The molecule has 0 radical (unpaired) electrons. The van der Waals surface area contributed by atoms with Crippen molar-refractivity contribution >= 4 is 21.5 Å². The fourth-order valence-electron chi connectivity index (χ4n) is 5.68. The van der Waals surface area contributed by atoms with Crippen molar-refractivity contribution < 1.29 is 4.57 Å². The Morgan fingerprint density at radius 3 is 1.66 bits per heavy atom. The van der Waals surface area contributed by atoms with Gasteiger partial charge in [0.1, 0.15) is 24.5 Å². The Labute approximate surface area is 209 Å². The zero-order valence-corrected chi connectivity index (χ0v) is 21.9. The molecule has 4 aromatic carbocycles. The molecule has 0 aliphatic heterocycles. The first-order valence-corrected chi connectivity index (χ1v) is 12.7. The van der Waals surface area contributed by atoms with E-state index in [1.54, 1.807) is 0 Å². The summed E-state index contributed by atoms with van der Waals surface area (Å²) in [5.41, 5.74) is 2.80. The number of hydrogen-bond acceptors (Lipinski definition) is 0. The van der Waals surface area contributed by atoms with E-state index < -0.39 is 0 Å². The van der Waals surface area contributed by atoms with Crippen molar-refractivity contribution in [1.29, 1.82) is 0 Å². The molecule has 0 amide bonds. The van der Waals surface area contributed by atoms with E-state index in [0.717, 1.165) is 0 Å². The van der Waals surface area contributed by atoms with Gasteiger partial charge in [-0.25, -0.2) is 9.13 Å². The van der Waals surface area contributed by atoms with Gasteiger partial charge in [0.25, 0.3) is 0 Å². The summed E-state index contributed by atoms with van der Waals surface area (Å²) in [5, 5.41) is 5.16. The number of hydrogen-bond donors (Lipinski definition) is 0. The molecule has 2 nitrogen and oxygen atoms in total. The molecule has 0 saturated carbocycles. The summed E-state index contributed by atoms with van der Waals surface area (Å²) < 4.78 is 4.81. The highest BCUT2D eigenvalue weighted by Gasteiger charge is 2.36. The first-order chi connectivity index (χ1) is 16.6. The predicted octanol–water partition coefficient (Wildman–Crippen LogP) is 8.35. The van der Waals surface area contributed by atoms with E-state index in [4.69, 9.17) is 0 Å².